The van der Waals surface area contributed by atoms with Crippen LogP contribution < -0.4 is 15.4 Å². The normalized spacial score (nSPS) is 13.9. The van der Waals surface area contributed by atoms with Gasteiger partial charge in [-0.15, -0.1) is 0 Å². The van der Waals surface area contributed by atoms with E-state index in [9.17, 15) is 9.59 Å². The molecule has 1 aromatic rings. The predicted octanol–water partition coefficient (Wildman–Crippen LogP) is 3.03. The third kappa shape index (κ3) is 5.77. The van der Waals surface area contributed by atoms with Gasteiger partial charge in [0.05, 0.1) is 6.61 Å². The van der Waals surface area contributed by atoms with E-state index < -0.39 is 11.8 Å². The Morgan fingerprint density at radius 1 is 1.13 bits per heavy atom. The molecule has 0 radical (unpaired) electrons. The van der Waals surface area contributed by atoms with Crippen molar-refractivity contribution < 1.29 is 14.3 Å². The molecular formula is C18H24N2O3. The first-order valence-electron chi connectivity index (χ1n) is 8.19. The molecule has 124 valence electrons. The van der Waals surface area contributed by atoms with Crippen molar-refractivity contribution in [3.63, 3.8) is 0 Å². The predicted molar refractivity (Wildman–Crippen MR) is 90.4 cm³/mol. The Hall–Kier alpha value is -2.30. The molecule has 2 amide bonds. The maximum atomic E-state index is 11.8. The zero-order valence-corrected chi connectivity index (χ0v) is 13.6. The quantitative estimate of drug-likeness (QED) is 0.626. The molecule has 0 aromatic heterocycles. The van der Waals surface area contributed by atoms with Gasteiger partial charge in [-0.1, -0.05) is 11.6 Å². The van der Waals surface area contributed by atoms with Gasteiger partial charge in [0.1, 0.15) is 5.75 Å². The average Bonchev–Trinajstić information content (AvgIpc) is 2.57. The van der Waals surface area contributed by atoms with Crippen molar-refractivity contribution in [2.45, 2.75) is 39.0 Å². The molecule has 0 bridgehead atoms. The fourth-order valence-corrected chi connectivity index (χ4v) is 2.54. The number of rotatable bonds is 6. The van der Waals surface area contributed by atoms with Crippen molar-refractivity contribution in [1.82, 2.24) is 5.32 Å². The topological polar surface area (TPSA) is 67.4 Å². The molecule has 0 heterocycles. The van der Waals surface area contributed by atoms with E-state index in [1.54, 1.807) is 24.3 Å². The lowest BCUT2D eigenvalue weighted by atomic mass is 9.97. The van der Waals surface area contributed by atoms with Crippen LogP contribution in [0.2, 0.25) is 0 Å². The average molecular weight is 316 g/mol. The van der Waals surface area contributed by atoms with Gasteiger partial charge in [0.2, 0.25) is 0 Å². The van der Waals surface area contributed by atoms with Crippen LogP contribution in [0.3, 0.4) is 0 Å². The second-order valence-corrected chi connectivity index (χ2v) is 5.53. The van der Waals surface area contributed by atoms with E-state index in [1.165, 1.54) is 18.4 Å². The molecule has 0 saturated heterocycles. The number of hydrogen-bond acceptors (Lipinski definition) is 3. The highest BCUT2D eigenvalue weighted by molar-refractivity contribution is 6.39. The van der Waals surface area contributed by atoms with Gasteiger partial charge in [-0.3, -0.25) is 9.59 Å². The smallest absolute Gasteiger partial charge is 0.313 e. The van der Waals surface area contributed by atoms with Crippen LogP contribution in [-0.2, 0) is 9.59 Å². The highest BCUT2D eigenvalue weighted by Gasteiger charge is 2.13. The van der Waals surface area contributed by atoms with Gasteiger partial charge in [0, 0.05) is 12.2 Å². The van der Waals surface area contributed by atoms with Crippen molar-refractivity contribution in [2.75, 3.05) is 18.5 Å². The maximum Gasteiger partial charge on any atom is 0.313 e. The number of amides is 2. The molecule has 0 atom stereocenters. The number of hydrogen-bond donors (Lipinski definition) is 2. The third-order valence-corrected chi connectivity index (χ3v) is 3.75. The summed E-state index contributed by atoms with van der Waals surface area (Å²) in [6, 6.07) is 6.94. The fraction of sp³-hybridized carbons (Fsp3) is 0.444. The summed E-state index contributed by atoms with van der Waals surface area (Å²) < 4.78 is 5.33. The van der Waals surface area contributed by atoms with E-state index in [4.69, 9.17) is 4.74 Å². The van der Waals surface area contributed by atoms with Crippen LogP contribution in [0.15, 0.2) is 35.9 Å². The molecule has 0 aliphatic heterocycles. The first-order valence-corrected chi connectivity index (χ1v) is 8.19. The van der Waals surface area contributed by atoms with Gasteiger partial charge in [0.15, 0.2) is 0 Å². The summed E-state index contributed by atoms with van der Waals surface area (Å²) in [5.41, 5.74) is 1.95. The second-order valence-electron chi connectivity index (χ2n) is 5.53. The largest absolute Gasteiger partial charge is 0.494 e. The van der Waals surface area contributed by atoms with E-state index in [0.717, 1.165) is 25.0 Å². The van der Waals surface area contributed by atoms with Crippen LogP contribution in [-0.4, -0.2) is 25.0 Å². The van der Waals surface area contributed by atoms with Gasteiger partial charge in [0.25, 0.3) is 0 Å². The fourth-order valence-electron chi connectivity index (χ4n) is 2.54. The summed E-state index contributed by atoms with van der Waals surface area (Å²) in [5.74, 6) is -0.516. The van der Waals surface area contributed by atoms with E-state index in [2.05, 4.69) is 16.7 Å². The zero-order chi connectivity index (χ0) is 16.5. The first kappa shape index (κ1) is 17.1. The molecule has 0 saturated carbocycles. The lowest BCUT2D eigenvalue weighted by Gasteiger charge is -2.13. The van der Waals surface area contributed by atoms with Gasteiger partial charge in [-0.25, -0.2) is 0 Å². The minimum atomic E-state index is -0.646. The molecule has 1 aliphatic rings. The SMILES string of the molecule is CCOc1ccc(NC(=O)C(=O)NCCC2=CCCCC2)cc1. The Morgan fingerprint density at radius 3 is 2.57 bits per heavy atom. The van der Waals surface area contributed by atoms with Crippen LogP contribution in [0.5, 0.6) is 5.75 Å². The summed E-state index contributed by atoms with van der Waals surface area (Å²) in [7, 11) is 0. The molecule has 23 heavy (non-hydrogen) atoms. The highest BCUT2D eigenvalue weighted by Crippen LogP contribution is 2.19. The van der Waals surface area contributed by atoms with Crippen LogP contribution in [0.4, 0.5) is 5.69 Å². The number of benzene rings is 1. The van der Waals surface area contributed by atoms with E-state index >= 15 is 0 Å². The monoisotopic (exact) mass is 316 g/mol. The minimum Gasteiger partial charge on any atom is -0.494 e. The molecule has 1 aromatic carbocycles. The molecule has 0 spiro atoms. The van der Waals surface area contributed by atoms with Gasteiger partial charge in [-0.2, -0.15) is 0 Å². The van der Waals surface area contributed by atoms with E-state index in [0.29, 0.717) is 18.8 Å². The van der Waals surface area contributed by atoms with Crippen molar-refractivity contribution in [2.24, 2.45) is 0 Å². The van der Waals surface area contributed by atoms with Crippen molar-refractivity contribution in [3.8, 4) is 5.75 Å². The number of nitrogens with one attached hydrogen (secondary N) is 2. The Bertz CT molecular complexity index is 564. The number of ether oxygens (including phenoxy) is 1. The van der Waals surface area contributed by atoms with Gasteiger partial charge in [-0.05, 0) is 63.3 Å². The Kier molecular flexibility index (Phi) is 6.66. The van der Waals surface area contributed by atoms with Crippen molar-refractivity contribution in [3.05, 3.63) is 35.9 Å². The summed E-state index contributed by atoms with van der Waals surface area (Å²) in [6.45, 7) is 3.00. The van der Waals surface area contributed by atoms with E-state index in [1.807, 2.05) is 6.92 Å². The Labute approximate surface area is 137 Å². The molecule has 0 unspecified atom stereocenters. The van der Waals surface area contributed by atoms with Crippen LogP contribution in [0.25, 0.3) is 0 Å². The van der Waals surface area contributed by atoms with Crippen LogP contribution in [0, 0.1) is 0 Å². The summed E-state index contributed by atoms with van der Waals surface area (Å²) in [5, 5.41) is 5.24. The van der Waals surface area contributed by atoms with E-state index in [-0.39, 0.29) is 0 Å². The third-order valence-electron chi connectivity index (χ3n) is 3.75. The van der Waals surface area contributed by atoms with Crippen LogP contribution >= 0.6 is 0 Å². The summed E-state index contributed by atoms with van der Waals surface area (Å²) >= 11 is 0. The molecule has 2 rings (SSSR count). The molecule has 0 fully saturated rings. The lowest BCUT2D eigenvalue weighted by Crippen LogP contribution is -2.36. The standard InChI is InChI=1S/C18H24N2O3/c1-2-23-16-10-8-15(9-11-16)20-18(22)17(21)19-13-12-14-6-4-3-5-7-14/h6,8-11H,2-5,7,12-13H2,1H3,(H,19,21)(H,20,22). The summed E-state index contributed by atoms with van der Waals surface area (Å²) in [4.78, 5) is 23.6. The molecule has 5 heteroatoms. The number of allylic oxidation sites excluding steroid dienone is 1. The van der Waals surface area contributed by atoms with Gasteiger partial charge >= 0.3 is 11.8 Å². The van der Waals surface area contributed by atoms with Gasteiger partial charge < -0.3 is 15.4 Å². The van der Waals surface area contributed by atoms with Crippen LogP contribution in [0.1, 0.15) is 39.0 Å². The maximum absolute atomic E-state index is 11.8. The van der Waals surface area contributed by atoms with Crippen molar-refractivity contribution >= 4 is 17.5 Å². The molecule has 5 nitrogen and oxygen atoms in total. The molecular weight excluding hydrogens is 292 g/mol. The van der Waals surface area contributed by atoms with Crippen molar-refractivity contribution in [1.29, 1.82) is 0 Å². The summed E-state index contributed by atoms with van der Waals surface area (Å²) in [6.07, 6.45) is 7.77. The molecule has 1 aliphatic carbocycles. The second kappa shape index (κ2) is 8.98. The minimum absolute atomic E-state index is 0.501. The first-order chi connectivity index (χ1) is 11.2. The number of carbonyl (C=O) groups is 2. The Morgan fingerprint density at radius 2 is 1.91 bits per heavy atom. The molecule has 2 N–H and O–H groups in total. The Balaban J connectivity index is 1.73. The number of carbonyl (C=O) groups excluding carboxylic acids is 2. The highest BCUT2D eigenvalue weighted by atomic mass is 16.5. The number of anilines is 1. The lowest BCUT2D eigenvalue weighted by molar-refractivity contribution is -0.136. The zero-order valence-electron chi connectivity index (χ0n) is 13.6.